The summed E-state index contributed by atoms with van der Waals surface area (Å²) in [6.45, 7) is 0. The Morgan fingerprint density at radius 3 is 2.37 bits per heavy atom. The first-order valence-corrected chi connectivity index (χ1v) is 10.8. The summed E-state index contributed by atoms with van der Waals surface area (Å²) in [7, 11) is -3.31. The highest BCUT2D eigenvalue weighted by molar-refractivity contribution is 7.90. The molecule has 0 aliphatic heterocycles. The molecule has 1 saturated carbocycles. The molecule has 27 heavy (non-hydrogen) atoms. The van der Waals surface area contributed by atoms with E-state index in [1.165, 1.54) is 6.26 Å². The Morgan fingerprint density at radius 2 is 1.74 bits per heavy atom. The third kappa shape index (κ3) is 4.67. The summed E-state index contributed by atoms with van der Waals surface area (Å²) in [6, 6.07) is 12.1. The fourth-order valence-corrected chi connectivity index (χ4v) is 4.07. The van der Waals surface area contributed by atoms with Crippen LogP contribution in [0.2, 0.25) is 0 Å². The first-order chi connectivity index (χ1) is 12.7. The molecule has 144 valence electrons. The van der Waals surface area contributed by atoms with Gasteiger partial charge in [-0.05, 0) is 61.1 Å². The van der Waals surface area contributed by atoms with Crippen LogP contribution in [0.4, 0.5) is 5.69 Å². The Balaban J connectivity index is 1.95. The van der Waals surface area contributed by atoms with E-state index in [9.17, 15) is 18.3 Å². The molecule has 2 aromatic carbocycles. The van der Waals surface area contributed by atoms with Crippen LogP contribution >= 0.6 is 0 Å². The highest BCUT2D eigenvalue weighted by atomic mass is 32.2. The number of amides is 1. The molecule has 0 unspecified atom stereocenters. The molecule has 0 saturated heterocycles. The van der Waals surface area contributed by atoms with Gasteiger partial charge in [-0.2, -0.15) is 0 Å². The molecule has 1 aliphatic rings. The quantitative estimate of drug-likeness (QED) is 0.729. The Bertz CT molecular complexity index is 948. The van der Waals surface area contributed by atoms with Gasteiger partial charge in [0.15, 0.2) is 9.84 Å². The maximum Gasteiger partial charge on any atom is 0.250 e. The highest BCUT2D eigenvalue weighted by Gasteiger charge is 2.21. The number of aliphatic hydroxyl groups is 1. The van der Waals surface area contributed by atoms with E-state index in [0.29, 0.717) is 11.3 Å². The molecule has 0 atom stereocenters. The van der Waals surface area contributed by atoms with Crippen molar-refractivity contribution in [2.24, 2.45) is 5.73 Å². The van der Waals surface area contributed by atoms with E-state index < -0.39 is 15.7 Å². The molecule has 2 aromatic rings. The number of hydrogen-bond acceptors (Lipinski definition) is 5. The zero-order chi connectivity index (χ0) is 19.6. The molecule has 0 radical (unpaired) electrons. The first kappa shape index (κ1) is 19.4. The fraction of sp³-hybridized carbons (Fsp3) is 0.350. The predicted molar refractivity (Wildman–Crippen MR) is 105 cm³/mol. The number of carbonyl (C=O) groups is 1. The molecule has 4 N–H and O–H groups in total. The highest BCUT2D eigenvalue weighted by Crippen LogP contribution is 2.30. The second kappa shape index (κ2) is 7.70. The third-order valence-electron chi connectivity index (χ3n) is 4.94. The molecular weight excluding hydrogens is 364 g/mol. The summed E-state index contributed by atoms with van der Waals surface area (Å²) in [5, 5.41) is 13.0. The molecule has 6 nitrogen and oxygen atoms in total. The van der Waals surface area contributed by atoms with Crippen molar-refractivity contribution in [3.8, 4) is 11.1 Å². The summed E-state index contributed by atoms with van der Waals surface area (Å²) in [5.41, 5.74) is 8.08. The molecule has 1 aliphatic carbocycles. The van der Waals surface area contributed by atoms with Crippen molar-refractivity contribution in [1.82, 2.24) is 0 Å². The van der Waals surface area contributed by atoms with Crippen molar-refractivity contribution in [1.29, 1.82) is 0 Å². The number of nitrogens with two attached hydrogens (primary N) is 1. The van der Waals surface area contributed by atoms with Gasteiger partial charge in [0.05, 0.1) is 16.6 Å². The largest absolute Gasteiger partial charge is 0.393 e. The predicted octanol–water partition coefficient (Wildman–Crippen LogP) is 2.57. The number of aliphatic hydroxyl groups excluding tert-OH is 1. The minimum atomic E-state index is -3.31. The van der Waals surface area contributed by atoms with Crippen molar-refractivity contribution < 1.29 is 18.3 Å². The third-order valence-corrected chi connectivity index (χ3v) is 6.05. The Kier molecular flexibility index (Phi) is 5.53. The van der Waals surface area contributed by atoms with Gasteiger partial charge in [-0.1, -0.05) is 18.2 Å². The standard InChI is InChI=1S/C20H24N2O4S/c1-27(25,26)17-4-2-3-13(11-17)14-5-10-18(20(21)24)19(12-14)22-15-6-8-16(23)9-7-15/h2-5,10-12,15-16,22-23H,6-9H2,1H3,(H2,21,24). The van der Waals surface area contributed by atoms with Crippen molar-refractivity contribution >= 4 is 21.4 Å². The van der Waals surface area contributed by atoms with Crippen LogP contribution in [0.15, 0.2) is 47.4 Å². The number of hydrogen-bond donors (Lipinski definition) is 3. The Morgan fingerprint density at radius 1 is 1.07 bits per heavy atom. The van der Waals surface area contributed by atoms with Crippen molar-refractivity contribution in [2.45, 2.75) is 42.7 Å². The zero-order valence-corrected chi connectivity index (χ0v) is 16.0. The average Bonchev–Trinajstić information content (AvgIpc) is 2.63. The maximum atomic E-state index is 11.8. The SMILES string of the molecule is CS(=O)(=O)c1cccc(-c2ccc(C(N)=O)c(NC3CCC(O)CC3)c2)c1. The lowest BCUT2D eigenvalue weighted by atomic mass is 9.92. The zero-order valence-electron chi connectivity index (χ0n) is 15.2. The number of benzene rings is 2. The van der Waals surface area contributed by atoms with Crippen molar-refractivity contribution in [3.63, 3.8) is 0 Å². The molecule has 1 amide bonds. The summed E-state index contributed by atoms with van der Waals surface area (Å²) < 4.78 is 23.6. The van der Waals surface area contributed by atoms with E-state index in [0.717, 1.165) is 36.8 Å². The number of primary amides is 1. The molecule has 0 bridgehead atoms. The average molecular weight is 388 g/mol. The van der Waals surface area contributed by atoms with Gasteiger partial charge in [-0.25, -0.2) is 8.42 Å². The number of rotatable bonds is 5. The van der Waals surface area contributed by atoms with Crippen LogP contribution in [0.3, 0.4) is 0 Å². The minimum Gasteiger partial charge on any atom is -0.393 e. The van der Waals surface area contributed by atoms with Crippen LogP contribution in [0, 0.1) is 0 Å². The van der Waals surface area contributed by atoms with Gasteiger partial charge in [0, 0.05) is 18.0 Å². The normalized spacial score (nSPS) is 20.2. The summed E-state index contributed by atoms with van der Waals surface area (Å²) >= 11 is 0. The maximum absolute atomic E-state index is 11.8. The van der Waals surface area contributed by atoms with Gasteiger partial charge in [-0.3, -0.25) is 4.79 Å². The summed E-state index contributed by atoms with van der Waals surface area (Å²) in [4.78, 5) is 12.1. The topological polar surface area (TPSA) is 109 Å². The van der Waals surface area contributed by atoms with Crippen LogP contribution in [0.1, 0.15) is 36.0 Å². The second-order valence-electron chi connectivity index (χ2n) is 7.07. The van der Waals surface area contributed by atoms with Crippen LogP contribution < -0.4 is 11.1 Å². The Hall–Kier alpha value is -2.38. The van der Waals surface area contributed by atoms with E-state index in [-0.39, 0.29) is 17.0 Å². The molecule has 3 rings (SSSR count). The smallest absolute Gasteiger partial charge is 0.250 e. The lowest BCUT2D eigenvalue weighted by Crippen LogP contribution is -2.29. The van der Waals surface area contributed by atoms with Gasteiger partial charge < -0.3 is 16.2 Å². The minimum absolute atomic E-state index is 0.157. The Labute approximate surface area is 159 Å². The monoisotopic (exact) mass is 388 g/mol. The van der Waals surface area contributed by atoms with Gasteiger partial charge in [0.25, 0.3) is 5.91 Å². The van der Waals surface area contributed by atoms with Crippen molar-refractivity contribution in [3.05, 3.63) is 48.0 Å². The molecule has 1 fully saturated rings. The van der Waals surface area contributed by atoms with Gasteiger partial charge in [0.2, 0.25) is 0 Å². The van der Waals surface area contributed by atoms with Gasteiger partial charge in [0.1, 0.15) is 0 Å². The molecule has 7 heteroatoms. The summed E-state index contributed by atoms with van der Waals surface area (Å²) in [6.07, 6.45) is 3.98. The van der Waals surface area contributed by atoms with E-state index >= 15 is 0 Å². The lowest BCUT2D eigenvalue weighted by molar-refractivity contribution is 0.100. The molecular formula is C20H24N2O4S. The van der Waals surface area contributed by atoms with Crippen LogP contribution in [-0.4, -0.2) is 37.8 Å². The van der Waals surface area contributed by atoms with Crippen LogP contribution in [0.5, 0.6) is 0 Å². The van der Waals surface area contributed by atoms with E-state index in [4.69, 9.17) is 5.73 Å². The van der Waals surface area contributed by atoms with E-state index in [1.807, 2.05) is 12.1 Å². The first-order valence-electron chi connectivity index (χ1n) is 8.93. The number of sulfone groups is 1. The van der Waals surface area contributed by atoms with E-state index in [2.05, 4.69) is 5.32 Å². The van der Waals surface area contributed by atoms with Gasteiger partial charge >= 0.3 is 0 Å². The van der Waals surface area contributed by atoms with E-state index in [1.54, 1.807) is 30.3 Å². The second-order valence-corrected chi connectivity index (χ2v) is 9.09. The number of anilines is 1. The fourth-order valence-electron chi connectivity index (χ4n) is 3.40. The van der Waals surface area contributed by atoms with Crippen LogP contribution in [-0.2, 0) is 9.84 Å². The molecule has 0 heterocycles. The number of nitrogens with one attached hydrogen (secondary N) is 1. The van der Waals surface area contributed by atoms with Crippen molar-refractivity contribution in [2.75, 3.05) is 11.6 Å². The van der Waals surface area contributed by atoms with Crippen LogP contribution in [0.25, 0.3) is 11.1 Å². The molecule has 0 aromatic heterocycles. The molecule has 0 spiro atoms. The summed E-state index contributed by atoms with van der Waals surface area (Å²) in [5.74, 6) is -0.523. The van der Waals surface area contributed by atoms with Gasteiger partial charge in [-0.15, -0.1) is 0 Å². The number of carbonyl (C=O) groups excluding carboxylic acids is 1. The lowest BCUT2D eigenvalue weighted by Gasteiger charge is -2.28.